The summed E-state index contributed by atoms with van der Waals surface area (Å²) in [6, 6.07) is 2.01. The van der Waals surface area contributed by atoms with Gasteiger partial charge in [-0.1, -0.05) is 0 Å². The fourth-order valence-corrected chi connectivity index (χ4v) is 2.02. The largest absolute Gasteiger partial charge is 0.369 e. The van der Waals surface area contributed by atoms with Gasteiger partial charge in [-0.05, 0) is 28.9 Å². The number of hydrogen-bond acceptors (Lipinski definition) is 5. The zero-order chi connectivity index (χ0) is 13.7. The van der Waals surface area contributed by atoms with Crippen LogP contribution in [0.5, 0.6) is 0 Å². The van der Waals surface area contributed by atoms with Gasteiger partial charge in [-0.2, -0.15) is 10.1 Å². The summed E-state index contributed by atoms with van der Waals surface area (Å²) in [4.78, 5) is 8.58. The van der Waals surface area contributed by atoms with Gasteiger partial charge in [0.05, 0.1) is 4.47 Å². The van der Waals surface area contributed by atoms with Crippen molar-refractivity contribution in [2.75, 3.05) is 23.7 Å². The second-order valence-electron chi connectivity index (χ2n) is 4.04. The van der Waals surface area contributed by atoms with Crippen LogP contribution in [-0.2, 0) is 13.5 Å². The first-order chi connectivity index (χ1) is 9.20. The van der Waals surface area contributed by atoms with Gasteiger partial charge in [-0.15, -0.1) is 0 Å². The van der Waals surface area contributed by atoms with Gasteiger partial charge >= 0.3 is 0 Å². The zero-order valence-electron chi connectivity index (χ0n) is 11.0. The number of anilines is 2. The lowest BCUT2D eigenvalue weighted by Crippen LogP contribution is -2.11. The summed E-state index contributed by atoms with van der Waals surface area (Å²) in [7, 11) is 1.94. The predicted octanol–water partition coefficient (Wildman–Crippen LogP) is 2.06. The third kappa shape index (κ3) is 3.66. The van der Waals surface area contributed by atoms with Crippen molar-refractivity contribution in [1.29, 1.82) is 0 Å². The van der Waals surface area contributed by atoms with Crippen LogP contribution < -0.4 is 10.6 Å². The molecule has 0 spiro atoms. The Morgan fingerprint density at radius 3 is 2.89 bits per heavy atom. The lowest BCUT2D eigenvalue weighted by Gasteiger charge is -2.09. The molecular formula is C12H17BrN6. The lowest BCUT2D eigenvalue weighted by atomic mass is 10.3. The molecule has 0 radical (unpaired) electrons. The maximum atomic E-state index is 4.40. The molecule has 0 aliphatic heterocycles. The van der Waals surface area contributed by atoms with E-state index in [0.717, 1.165) is 29.8 Å². The fraction of sp³-hybridized carbons (Fsp3) is 0.417. The molecule has 0 atom stereocenters. The van der Waals surface area contributed by atoms with Crippen molar-refractivity contribution in [1.82, 2.24) is 19.7 Å². The number of nitrogens with zero attached hydrogens (tertiary/aromatic N) is 4. The van der Waals surface area contributed by atoms with Crippen LogP contribution in [0.1, 0.15) is 12.6 Å². The van der Waals surface area contributed by atoms with E-state index in [1.165, 1.54) is 5.69 Å². The standard InChI is InChI=1S/C12H17BrN6/c1-3-14-12-16-8-10(13)11(18-12)15-6-4-9-5-7-17-19(9)2/h5,7-8H,3-4,6H2,1-2H3,(H2,14,15,16,18). The van der Waals surface area contributed by atoms with Crippen LogP contribution in [0, 0.1) is 0 Å². The Labute approximate surface area is 120 Å². The first-order valence-corrected chi connectivity index (χ1v) is 6.97. The smallest absolute Gasteiger partial charge is 0.224 e. The molecular weight excluding hydrogens is 308 g/mol. The van der Waals surface area contributed by atoms with E-state index in [1.54, 1.807) is 12.4 Å². The van der Waals surface area contributed by atoms with Crippen molar-refractivity contribution in [3.05, 3.63) is 28.6 Å². The normalized spacial score (nSPS) is 10.5. The Morgan fingerprint density at radius 1 is 1.37 bits per heavy atom. The van der Waals surface area contributed by atoms with E-state index in [4.69, 9.17) is 0 Å². The molecule has 0 saturated carbocycles. The molecule has 2 N–H and O–H groups in total. The van der Waals surface area contributed by atoms with Gasteiger partial charge in [0, 0.05) is 44.6 Å². The molecule has 0 aliphatic rings. The van der Waals surface area contributed by atoms with E-state index in [1.807, 2.05) is 24.7 Å². The molecule has 6 nitrogen and oxygen atoms in total. The molecule has 0 unspecified atom stereocenters. The highest BCUT2D eigenvalue weighted by molar-refractivity contribution is 9.10. The van der Waals surface area contributed by atoms with Crippen molar-refractivity contribution < 1.29 is 0 Å². The molecule has 0 aromatic carbocycles. The van der Waals surface area contributed by atoms with Crippen LogP contribution in [0.4, 0.5) is 11.8 Å². The number of halogens is 1. The van der Waals surface area contributed by atoms with Gasteiger partial charge < -0.3 is 10.6 Å². The molecule has 0 aliphatic carbocycles. The maximum Gasteiger partial charge on any atom is 0.224 e. The molecule has 7 heteroatoms. The molecule has 0 fully saturated rings. The Balaban J connectivity index is 1.95. The molecule has 102 valence electrons. The SMILES string of the molecule is CCNc1ncc(Br)c(NCCc2ccnn2C)n1. The Hall–Kier alpha value is -1.63. The van der Waals surface area contributed by atoms with E-state index < -0.39 is 0 Å². The Kier molecular flexibility index (Phi) is 4.73. The zero-order valence-corrected chi connectivity index (χ0v) is 12.6. The van der Waals surface area contributed by atoms with Gasteiger partial charge in [0.15, 0.2) is 0 Å². The molecule has 0 saturated heterocycles. The van der Waals surface area contributed by atoms with E-state index in [9.17, 15) is 0 Å². The summed E-state index contributed by atoms with van der Waals surface area (Å²) in [5.41, 5.74) is 1.18. The minimum atomic E-state index is 0.633. The quantitative estimate of drug-likeness (QED) is 0.851. The van der Waals surface area contributed by atoms with Crippen LogP contribution in [0.2, 0.25) is 0 Å². The summed E-state index contributed by atoms with van der Waals surface area (Å²) in [5.74, 6) is 1.43. The van der Waals surface area contributed by atoms with Crippen LogP contribution in [0.25, 0.3) is 0 Å². The molecule has 0 amide bonds. The van der Waals surface area contributed by atoms with Gasteiger partial charge in [-0.3, -0.25) is 4.68 Å². The van der Waals surface area contributed by atoms with E-state index in [0.29, 0.717) is 5.95 Å². The first-order valence-electron chi connectivity index (χ1n) is 6.18. The summed E-state index contributed by atoms with van der Waals surface area (Å²) >= 11 is 3.44. The monoisotopic (exact) mass is 324 g/mol. The minimum absolute atomic E-state index is 0.633. The first kappa shape index (κ1) is 13.8. The summed E-state index contributed by atoms with van der Waals surface area (Å²) in [6.07, 6.45) is 4.44. The number of hydrogen-bond donors (Lipinski definition) is 2. The topological polar surface area (TPSA) is 67.7 Å². The van der Waals surface area contributed by atoms with Gasteiger partial charge in [-0.25, -0.2) is 4.98 Å². The molecule has 2 heterocycles. The van der Waals surface area contributed by atoms with Crippen molar-refractivity contribution >= 4 is 27.7 Å². The molecule has 2 aromatic heterocycles. The van der Waals surface area contributed by atoms with Crippen molar-refractivity contribution in [2.24, 2.45) is 7.05 Å². The molecule has 19 heavy (non-hydrogen) atoms. The summed E-state index contributed by atoms with van der Waals surface area (Å²) in [5, 5.41) is 10.5. The lowest BCUT2D eigenvalue weighted by molar-refractivity contribution is 0.711. The summed E-state index contributed by atoms with van der Waals surface area (Å²) in [6.45, 7) is 3.61. The number of aromatic nitrogens is 4. The maximum absolute atomic E-state index is 4.40. The average molecular weight is 325 g/mol. The Bertz CT molecular complexity index is 539. The van der Waals surface area contributed by atoms with Gasteiger partial charge in [0.25, 0.3) is 0 Å². The average Bonchev–Trinajstić information content (AvgIpc) is 2.79. The third-order valence-corrected chi connectivity index (χ3v) is 3.26. The van der Waals surface area contributed by atoms with Crippen molar-refractivity contribution in [3.8, 4) is 0 Å². The van der Waals surface area contributed by atoms with Crippen LogP contribution in [0.15, 0.2) is 22.9 Å². The van der Waals surface area contributed by atoms with Gasteiger partial charge in [0.1, 0.15) is 5.82 Å². The van der Waals surface area contributed by atoms with Crippen molar-refractivity contribution in [2.45, 2.75) is 13.3 Å². The highest BCUT2D eigenvalue weighted by atomic mass is 79.9. The van der Waals surface area contributed by atoms with Crippen LogP contribution >= 0.6 is 15.9 Å². The second kappa shape index (κ2) is 6.51. The van der Waals surface area contributed by atoms with E-state index >= 15 is 0 Å². The molecule has 2 aromatic rings. The number of aryl methyl sites for hydroxylation is 1. The highest BCUT2D eigenvalue weighted by Gasteiger charge is 2.05. The molecule has 0 bridgehead atoms. The second-order valence-corrected chi connectivity index (χ2v) is 4.90. The minimum Gasteiger partial charge on any atom is -0.369 e. The van der Waals surface area contributed by atoms with E-state index in [2.05, 4.69) is 41.6 Å². The van der Waals surface area contributed by atoms with Crippen molar-refractivity contribution in [3.63, 3.8) is 0 Å². The summed E-state index contributed by atoms with van der Waals surface area (Å²) < 4.78 is 2.74. The van der Waals surface area contributed by atoms with Crippen LogP contribution in [-0.4, -0.2) is 32.8 Å². The fourth-order valence-electron chi connectivity index (χ4n) is 1.69. The highest BCUT2D eigenvalue weighted by Crippen LogP contribution is 2.19. The molecule has 2 rings (SSSR count). The number of rotatable bonds is 6. The van der Waals surface area contributed by atoms with Crippen LogP contribution in [0.3, 0.4) is 0 Å². The Morgan fingerprint density at radius 2 is 2.21 bits per heavy atom. The number of nitrogens with one attached hydrogen (secondary N) is 2. The van der Waals surface area contributed by atoms with E-state index in [-0.39, 0.29) is 0 Å². The predicted molar refractivity (Wildman–Crippen MR) is 79.3 cm³/mol. The third-order valence-electron chi connectivity index (χ3n) is 2.68. The van der Waals surface area contributed by atoms with Gasteiger partial charge in [0.2, 0.25) is 5.95 Å².